The molecule has 2 nitrogen and oxygen atoms in total. The second-order valence-electron chi connectivity index (χ2n) is 6.02. The molecule has 2 aromatic carbocycles. The summed E-state index contributed by atoms with van der Waals surface area (Å²) in [4.78, 5) is 0. The minimum Gasteiger partial charge on any atom is -0.324 e. The molecule has 1 aliphatic rings. The topological polar surface area (TPSA) is 30.9 Å². The number of aromatic nitrogens is 1. The second kappa shape index (κ2) is 4.74. The van der Waals surface area contributed by atoms with Crippen molar-refractivity contribution >= 4 is 10.8 Å². The van der Waals surface area contributed by atoms with Crippen LogP contribution in [0, 0.1) is 6.92 Å². The quantitative estimate of drug-likeness (QED) is 0.707. The van der Waals surface area contributed by atoms with E-state index in [4.69, 9.17) is 5.73 Å². The lowest BCUT2D eigenvalue weighted by atomic mass is 9.93. The minimum atomic E-state index is 0.198. The van der Waals surface area contributed by atoms with Crippen LogP contribution in [0.4, 0.5) is 0 Å². The molecule has 2 heteroatoms. The Kier molecular flexibility index (Phi) is 2.86. The SMILES string of the molecule is Cc1cc2c(n1-c1cccc3ccccc13)CCCC2N. The van der Waals surface area contributed by atoms with Crippen molar-refractivity contribution in [2.45, 2.75) is 32.2 Å². The maximum atomic E-state index is 6.31. The molecule has 1 aliphatic carbocycles. The van der Waals surface area contributed by atoms with E-state index in [1.54, 1.807) is 0 Å². The van der Waals surface area contributed by atoms with E-state index < -0.39 is 0 Å². The predicted molar refractivity (Wildman–Crippen MR) is 87.9 cm³/mol. The van der Waals surface area contributed by atoms with Crippen molar-refractivity contribution in [2.24, 2.45) is 5.73 Å². The van der Waals surface area contributed by atoms with Crippen molar-refractivity contribution in [3.63, 3.8) is 0 Å². The lowest BCUT2D eigenvalue weighted by Crippen LogP contribution is -2.18. The van der Waals surface area contributed by atoms with E-state index in [1.165, 1.54) is 39.8 Å². The number of rotatable bonds is 1. The first-order chi connectivity index (χ1) is 10.3. The van der Waals surface area contributed by atoms with E-state index >= 15 is 0 Å². The number of benzene rings is 2. The average Bonchev–Trinajstić information content (AvgIpc) is 2.84. The summed E-state index contributed by atoms with van der Waals surface area (Å²) in [6, 6.07) is 17.6. The molecule has 1 aromatic heterocycles. The van der Waals surface area contributed by atoms with Gasteiger partial charge >= 0.3 is 0 Å². The highest BCUT2D eigenvalue weighted by Crippen LogP contribution is 2.34. The van der Waals surface area contributed by atoms with Crippen molar-refractivity contribution in [3.05, 3.63) is 65.5 Å². The molecule has 0 saturated heterocycles. The molecule has 1 heterocycles. The summed E-state index contributed by atoms with van der Waals surface area (Å²) in [5, 5.41) is 2.60. The normalized spacial score (nSPS) is 17.9. The molecular formula is C19H20N2. The zero-order chi connectivity index (χ0) is 14.4. The molecule has 4 rings (SSSR count). The van der Waals surface area contributed by atoms with Gasteiger partial charge in [-0.1, -0.05) is 36.4 Å². The Morgan fingerprint density at radius 3 is 2.81 bits per heavy atom. The lowest BCUT2D eigenvalue weighted by Gasteiger charge is -2.22. The highest BCUT2D eigenvalue weighted by atomic mass is 15.0. The molecule has 0 aliphatic heterocycles. The van der Waals surface area contributed by atoms with Gasteiger partial charge in [-0.05, 0) is 49.3 Å². The third-order valence-corrected chi connectivity index (χ3v) is 4.66. The fourth-order valence-electron chi connectivity index (χ4n) is 3.68. The summed E-state index contributed by atoms with van der Waals surface area (Å²) in [7, 11) is 0. The summed E-state index contributed by atoms with van der Waals surface area (Å²) < 4.78 is 2.41. The van der Waals surface area contributed by atoms with Crippen LogP contribution >= 0.6 is 0 Å². The Morgan fingerprint density at radius 1 is 1.10 bits per heavy atom. The van der Waals surface area contributed by atoms with Crippen molar-refractivity contribution < 1.29 is 0 Å². The van der Waals surface area contributed by atoms with Gasteiger partial charge in [-0.3, -0.25) is 0 Å². The van der Waals surface area contributed by atoms with Gasteiger partial charge in [0, 0.05) is 22.8 Å². The molecule has 2 N–H and O–H groups in total. The zero-order valence-corrected chi connectivity index (χ0v) is 12.3. The summed E-state index contributed by atoms with van der Waals surface area (Å²) in [5.41, 5.74) is 11.6. The minimum absolute atomic E-state index is 0.198. The van der Waals surface area contributed by atoms with Gasteiger partial charge in [0.25, 0.3) is 0 Å². The van der Waals surface area contributed by atoms with Crippen molar-refractivity contribution in [1.29, 1.82) is 0 Å². The number of nitrogens with two attached hydrogens (primary N) is 1. The highest BCUT2D eigenvalue weighted by Gasteiger charge is 2.23. The standard InChI is InChI=1S/C19H20N2/c1-13-12-16-17(20)9-5-11-19(16)21(13)18-10-4-7-14-6-2-3-8-15(14)18/h2-4,6-8,10,12,17H,5,9,11,20H2,1H3. The molecule has 106 valence electrons. The lowest BCUT2D eigenvalue weighted by molar-refractivity contribution is 0.560. The van der Waals surface area contributed by atoms with Crippen LogP contribution in [0.3, 0.4) is 0 Å². The molecule has 21 heavy (non-hydrogen) atoms. The Labute approximate surface area is 125 Å². The zero-order valence-electron chi connectivity index (χ0n) is 12.3. The van der Waals surface area contributed by atoms with Crippen molar-refractivity contribution in [2.75, 3.05) is 0 Å². The molecule has 0 spiro atoms. The maximum Gasteiger partial charge on any atom is 0.0533 e. The van der Waals surface area contributed by atoms with Gasteiger partial charge < -0.3 is 10.3 Å². The third-order valence-electron chi connectivity index (χ3n) is 4.66. The van der Waals surface area contributed by atoms with Crippen LogP contribution in [-0.2, 0) is 6.42 Å². The van der Waals surface area contributed by atoms with Gasteiger partial charge in [0.2, 0.25) is 0 Å². The molecule has 1 unspecified atom stereocenters. The van der Waals surface area contributed by atoms with E-state index in [0.29, 0.717) is 0 Å². The van der Waals surface area contributed by atoms with Crippen molar-refractivity contribution in [3.8, 4) is 5.69 Å². The Morgan fingerprint density at radius 2 is 1.90 bits per heavy atom. The third kappa shape index (κ3) is 1.90. The van der Waals surface area contributed by atoms with Gasteiger partial charge in [0.1, 0.15) is 0 Å². The summed E-state index contributed by atoms with van der Waals surface area (Å²) in [6.07, 6.45) is 3.41. The van der Waals surface area contributed by atoms with Gasteiger partial charge in [-0.2, -0.15) is 0 Å². The first-order valence-corrected chi connectivity index (χ1v) is 7.70. The Bertz CT molecular complexity index is 808. The first-order valence-electron chi connectivity index (χ1n) is 7.70. The van der Waals surface area contributed by atoms with Crippen LogP contribution in [0.2, 0.25) is 0 Å². The van der Waals surface area contributed by atoms with Crippen molar-refractivity contribution in [1.82, 2.24) is 4.57 Å². The molecular weight excluding hydrogens is 256 g/mol. The molecule has 3 aromatic rings. The Balaban J connectivity index is 2.02. The van der Waals surface area contributed by atoms with Crippen LogP contribution in [0.25, 0.3) is 16.5 Å². The Hall–Kier alpha value is -2.06. The van der Waals surface area contributed by atoms with Crippen LogP contribution in [0.15, 0.2) is 48.5 Å². The molecule has 0 radical (unpaired) electrons. The monoisotopic (exact) mass is 276 g/mol. The van der Waals surface area contributed by atoms with E-state index in [2.05, 4.69) is 60.0 Å². The number of hydrogen-bond acceptors (Lipinski definition) is 1. The highest BCUT2D eigenvalue weighted by molar-refractivity contribution is 5.90. The van der Waals surface area contributed by atoms with Crippen LogP contribution in [-0.4, -0.2) is 4.57 Å². The average molecular weight is 276 g/mol. The van der Waals surface area contributed by atoms with E-state index in [9.17, 15) is 0 Å². The van der Waals surface area contributed by atoms with Gasteiger partial charge in [-0.25, -0.2) is 0 Å². The van der Waals surface area contributed by atoms with E-state index in [0.717, 1.165) is 12.8 Å². The fourth-order valence-corrected chi connectivity index (χ4v) is 3.68. The molecule has 0 saturated carbocycles. The van der Waals surface area contributed by atoms with Gasteiger partial charge in [0.15, 0.2) is 0 Å². The van der Waals surface area contributed by atoms with Gasteiger partial charge in [0.05, 0.1) is 5.69 Å². The van der Waals surface area contributed by atoms with E-state index in [-0.39, 0.29) is 6.04 Å². The molecule has 0 fully saturated rings. The molecule has 1 atom stereocenters. The summed E-state index contributed by atoms with van der Waals surface area (Å²) in [5.74, 6) is 0. The smallest absolute Gasteiger partial charge is 0.0533 e. The van der Waals surface area contributed by atoms with E-state index in [1.807, 2.05) is 0 Å². The number of fused-ring (bicyclic) bond motifs is 2. The van der Waals surface area contributed by atoms with Crippen LogP contribution in [0.5, 0.6) is 0 Å². The fraction of sp³-hybridized carbons (Fsp3) is 0.263. The first kappa shape index (κ1) is 12.7. The number of hydrogen-bond donors (Lipinski definition) is 1. The molecule has 0 bridgehead atoms. The summed E-state index contributed by atoms with van der Waals surface area (Å²) >= 11 is 0. The number of nitrogens with zero attached hydrogens (tertiary/aromatic N) is 1. The summed E-state index contributed by atoms with van der Waals surface area (Å²) in [6.45, 7) is 2.19. The predicted octanol–water partition coefficient (Wildman–Crippen LogP) is 4.28. The van der Waals surface area contributed by atoms with Gasteiger partial charge in [-0.15, -0.1) is 0 Å². The second-order valence-corrected chi connectivity index (χ2v) is 6.02. The largest absolute Gasteiger partial charge is 0.324 e. The maximum absolute atomic E-state index is 6.31. The van der Waals surface area contributed by atoms with Crippen LogP contribution in [0.1, 0.15) is 35.8 Å². The van der Waals surface area contributed by atoms with Crippen LogP contribution < -0.4 is 5.73 Å². The number of aryl methyl sites for hydroxylation is 1. The molecule has 0 amide bonds.